The molecule has 2 heteroatoms. The molecule has 0 amide bonds. The van der Waals surface area contributed by atoms with Crippen LogP contribution in [0.25, 0.3) is 43.1 Å². The highest BCUT2D eigenvalue weighted by atomic mass is 16.3. The Hall–Kier alpha value is -3.00. The normalized spacial score (nSPS) is 10.0. The van der Waals surface area contributed by atoms with Gasteiger partial charge in [0, 0.05) is 21.5 Å². The minimum Gasteiger partial charge on any atom is -0.507 e. The van der Waals surface area contributed by atoms with Crippen molar-refractivity contribution in [1.29, 1.82) is 0 Å². The molecule has 0 spiro atoms. The van der Waals surface area contributed by atoms with Crippen LogP contribution in [0.1, 0.15) is 77.6 Å². The lowest BCUT2D eigenvalue weighted by Crippen LogP contribution is -1.94. The van der Waals surface area contributed by atoms with E-state index in [1.807, 2.05) is 81.4 Å². The standard InChI is InChI=1S/C24H20O2.4C2H6/c1-11-5-7-15-22-18(26)10-14(4)20-12(2)6-8-16(24(20)22)21-17(25)9-13(3)19(11)23(15)21;4*1-2/h5-10,25-26H,1-4H3;4*1-2H3. The second-order valence-electron chi connectivity index (χ2n) is 7.54. The van der Waals surface area contributed by atoms with E-state index in [2.05, 4.69) is 38.1 Å². The summed E-state index contributed by atoms with van der Waals surface area (Å²) in [5.74, 6) is 0.609. The van der Waals surface area contributed by atoms with Crippen molar-refractivity contribution in [3.8, 4) is 11.5 Å². The molecule has 5 aromatic carbocycles. The van der Waals surface area contributed by atoms with Crippen LogP contribution in [-0.4, -0.2) is 10.2 Å². The van der Waals surface area contributed by atoms with E-state index in [1.165, 1.54) is 11.1 Å². The average molecular weight is 461 g/mol. The molecule has 2 nitrogen and oxygen atoms in total. The fourth-order valence-electron chi connectivity index (χ4n) is 4.87. The third-order valence-corrected chi connectivity index (χ3v) is 5.87. The van der Waals surface area contributed by atoms with E-state index in [0.29, 0.717) is 11.5 Å². The maximum atomic E-state index is 10.9. The van der Waals surface area contributed by atoms with Gasteiger partial charge in [0.25, 0.3) is 0 Å². The highest BCUT2D eigenvalue weighted by molar-refractivity contribution is 6.36. The predicted octanol–water partition coefficient (Wildman–Crippen LogP) is 10.5. The summed E-state index contributed by atoms with van der Waals surface area (Å²) in [6, 6.07) is 12.1. The van der Waals surface area contributed by atoms with Crippen LogP contribution < -0.4 is 0 Å². The average Bonchev–Trinajstić information content (AvgIpc) is 2.86. The topological polar surface area (TPSA) is 40.5 Å². The largest absolute Gasteiger partial charge is 0.507 e. The maximum absolute atomic E-state index is 10.9. The van der Waals surface area contributed by atoms with Crippen molar-refractivity contribution in [2.24, 2.45) is 0 Å². The van der Waals surface area contributed by atoms with Gasteiger partial charge < -0.3 is 10.2 Å². The molecule has 0 radical (unpaired) electrons. The van der Waals surface area contributed by atoms with Crippen molar-refractivity contribution in [3.05, 3.63) is 58.7 Å². The van der Waals surface area contributed by atoms with E-state index >= 15 is 0 Å². The van der Waals surface area contributed by atoms with Gasteiger partial charge in [-0.2, -0.15) is 0 Å². The predicted molar refractivity (Wildman–Crippen MR) is 155 cm³/mol. The molecule has 0 bridgehead atoms. The van der Waals surface area contributed by atoms with Crippen molar-refractivity contribution >= 4 is 43.1 Å². The molecule has 0 aromatic heterocycles. The van der Waals surface area contributed by atoms with Gasteiger partial charge in [0.2, 0.25) is 0 Å². The van der Waals surface area contributed by atoms with E-state index in [9.17, 15) is 10.2 Å². The Kier molecular flexibility index (Phi) is 10.6. The molecule has 5 aromatic rings. The van der Waals surface area contributed by atoms with E-state index in [1.54, 1.807) is 0 Å². The molecule has 2 N–H and O–H groups in total. The summed E-state index contributed by atoms with van der Waals surface area (Å²) >= 11 is 0. The van der Waals surface area contributed by atoms with Gasteiger partial charge in [0.15, 0.2) is 0 Å². The van der Waals surface area contributed by atoms with Gasteiger partial charge in [-0.25, -0.2) is 0 Å². The number of phenols is 2. The molecule has 34 heavy (non-hydrogen) atoms. The first kappa shape index (κ1) is 29.0. The maximum Gasteiger partial charge on any atom is 0.124 e. The summed E-state index contributed by atoms with van der Waals surface area (Å²) in [6.45, 7) is 24.3. The lowest BCUT2D eigenvalue weighted by atomic mass is 9.84. The number of rotatable bonds is 0. The number of aryl methyl sites for hydroxylation is 4. The van der Waals surface area contributed by atoms with E-state index in [-0.39, 0.29) is 0 Å². The molecular formula is C32H44O2. The Bertz CT molecular complexity index is 1270. The quantitative estimate of drug-likeness (QED) is 0.178. The Labute approximate surface area is 206 Å². The van der Waals surface area contributed by atoms with Crippen molar-refractivity contribution in [1.82, 2.24) is 0 Å². The summed E-state index contributed by atoms with van der Waals surface area (Å²) in [5, 5.41) is 29.9. The van der Waals surface area contributed by atoms with Crippen LogP contribution in [0.15, 0.2) is 36.4 Å². The van der Waals surface area contributed by atoms with Crippen molar-refractivity contribution in [2.45, 2.75) is 83.1 Å². The molecule has 0 aliphatic rings. The molecule has 0 saturated carbocycles. The lowest BCUT2D eigenvalue weighted by molar-refractivity contribution is 0.480. The molecule has 0 aliphatic heterocycles. The zero-order chi connectivity index (χ0) is 26.3. The smallest absolute Gasteiger partial charge is 0.124 e. The summed E-state index contributed by atoms with van der Waals surface area (Å²) in [7, 11) is 0. The molecule has 0 heterocycles. The minimum atomic E-state index is 0.304. The molecule has 0 unspecified atom stereocenters. The third kappa shape index (κ3) is 4.51. The number of hydrogen-bond acceptors (Lipinski definition) is 2. The number of fused-ring (bicyclic) bond motifs is 2. The highest BCUT2D eigenvalue weighted by Crippen LogP contribution is 2.48. The van der Waals surface area contributed by atoms with Crippen molar-refractivity contribution in [3.63, 3.8) is 0 Å². The highest BCUT2D eigenvalue weighted by Gasteiger charge is 2.21. The first-order valence-corrected chi connectivity index (χ1v) is 12.9. The zero-order valence-corrected chi connectivity index (χ0v) is 23.4. The molecule has 184 valence electrons. The van der Waals surface area contributed by atoms with Crippen molar-refractivity contribution in [2.75, 3.05) is 0 Å². The summed E-state index contributed by atoms with van der Waals surface area (Å²) in [4.78, 5) is 0. The Morgan fingerprint density at radius 2 is 0.676 bits per heavy atom. The van der Waals surface area contributed by atoms with Gasteiger partial charge in [-0.05, 0) is 83.6 Å². The Morgan fingerprint density at radius 1 is 0.382 bits per heavy atom. The molecule has 5 rings (SSSR count). The number of phenolic OH excluding ortho intramolecular Hbond substituents is 2. The summed E-state index contributed by atoms with van der Waals surface area (Å²) < 4.78 is 0. The molecule has 0 fully saturated rings. The Morgan fingerprint density at radius 3 is 0.971 bits per heavy atom. The fourth-order valence-corrected chi connectivity index (χ4v) is 4.87. The molecular weight excluding hydrogens is 416 g/mol. The van der Waals surface area contributed by atoms with Gasteiger partial charge in [0.1, 0.15) is 11.5 Å². The lowest BCUT2D eigenvalue weighted by Gasteiger charge is -2.20. The van der Waals surface area contributed by atoms with Gasteiger partial charge >= 0.3 is 0 Å². The number of hydrogen-bond donors (Lipinski definition) is 2. The summed E-state index contributed by atoms with van der Waals surface area (Å²) in [5.41, 5.74) is 4.47. The molecule has 0 saturated heterocycles. The fraction of sp³-hybridized carbons (Fsp3) is 0.375. The van der Waals surface area contributed by atoms with Crippen LogP contribution in [0, 0.1) is 27.7 Å². The van der Waals surface area contributed by atoms with Crippen LogP contribution in [0.2, 0.25) is 0 Å². The van der Waals surface area contributed by atoms with Crippen LogP contribution in [-0.2, 0) is 0 Å². The third-order valence-electron chi connectivity index (χ3n) is 5.87. The van der Waals surface area contributed by atoms with Gasteiger partial charge in [-0.15, -0.1) is 0 Å². The monoisotopic (exact) mass is 460 g/mol. The Balaban J connectivity index is 0.000000659. The first-order valence-electron chi connectivity index (χ1n) is 12.9. The molecule has 0 aliphatic carbocycles. The van der Waals surface area contributed by atoms with Crippen molar-refractivity contribution < 1.29 is 10.2 Å². The van der Waals surface area contributed by atoms with Crippen LogP contribution >= 0.6 is 0 Å². The van der Waals surface area contributed by atoms with E-state index in [0.717, 1.165) is 54.2 Å². The van der Waals surface area contributed by atoms with Gasteiger partial charge in [-0.1, -0.05) is 79.7 Å². The van der Waals surface area contributed by atoms with Crippen LogP contribution in [0.4, 0.5) is 0 Å². The first-order chi connectivity index (χ1) is 16.4. The zero-order valence-electron chi connectivity index (χ0n) is 23.4. The SMILES string of the molecule is CC.CC.CC.CC.Cc1ccc2c3c(O)cc(C)c4c(C)ccc(c5c(O)cc(C)c1c25)c43. The van der Waals surface area contributed by atoms with E-state index in [4.69, 9.17) is 0 Å². The van der Waals surface area contributed by atoms with E-state index < -0.39 is 0 Å². The number of aromatic hydroxyl groups is 2. The summed E-state index contributed by atoms with van der Waals surface area (Å²) in [6.07, 6.45) is 0. The van der Waals surface area contributed by atoms with Gasteiger partial charge in [0.05, 0.1) is 0 Å². The number of benzene rings is 5. The van der Waals surface area contributed by atoms with Gasteiger partial charge in [-0.3, -0.25) is 0 Å². The second kappa shape index (κ2) is 12.5. The van der Waals surface area contributed by atoms with Crippen LogP contribution in [0.5, 0.6) is 11.5 Å². The molecule has 0 atom stereocenters. The second-order valence-corrected chi connectivity index (χ2v) is 7.54. The van der Waals surface area contributed by atoms with Crippen LogP contribution in [0.3, 0.4) is 0 Å². The minimum absolute atomic E-state index is 0.304.